The van der Waals surface area contributed by atoms with Crippen LogP contribution in [0.1, 0.15) is 34.7 Å². The Hall–Kier alpha value is -1.62. The number of benzene rings is 1. The lowest BCUT2D eigenvalue weighted by Crippen LogP contribution is -2.19. The molecule has 6 heteroatoms. The zero-order chi connectivity index (χ0) is 15.4. The van der Waals surface area contributed by atoms with Crippen LogP contribution >= 0.6 is 23.2 Å². The van der Waals surface area contributed by atoms with Gasteiger partial charge in [-0.2, -0.15) is 0 Å². The first kappa shape index (κ1) is 15.8. The molecule has 110 valence electrons. The fourth-order valence-electron chi connectivity index (χ4n) is 1.92. The van der Waals surface area contributed by atoms with Crippen molar-refractivity contribution in [2.75, 3.05) is 0 Å². The van der Waals surface area contributed by atoms with Crippen LogP contribution in [-0.2, 0) is 6.54 Å². The molecule has 4 nitrogen and oxygen atoms in total. The Balaban J connectivity index is 2.05. The van der Waals surface area contributed by atoms with E-state index in [1.54, 1.807) is 24.3 Å². The van der Waals surface area contributed by atoms with Gasteiger partial charge in [-0.05, 0) is 36.8 Å². The number of aromatic nitrogens is 1. The van der Waals surface area contributed by atoms with Gasteiger partial charge in [0.15, 0.2) is 0 Å². The first-order valence-corrected chi connectivity index (χ1v) is 7.10. The molecule has 2 N–H and O–H groups in total. The maximum atomic E-state index is 10.9. The van der Waals surface area contributed by atoms with Crippen LogP contribution in [0, 0.1) is 0 Å². The third-order valence-corrected chi connectivity index (χ3v) is 3.61. The molecular formula is C15H14Cl2N2O2. The molecule has 0 bridgehead atoms. The van der Waals surface area contributed by atoms with E-state index in [0.717, 1.165) is 5.56 Å². The number of carboxylic acid groups (broad SMARTS) is 1. The second-order valence-electron chi connectivity index (χ2n) is 4.59. The molecule has 0 aliphatic carbocycles. The second-order valence-corrected chi connectivity index (χ2v) is 5.43. The first-order valence-electron chi connectivity index (χ1n) is 6.35. The van der Waals surface area contributed by atoms with Crippen molar-refractivity contribution >= 4 is 29.2 Å². The van der Waals surface area contributed by atoms with Crippen LogP contribution in [0.4, 0.5) is 0 Å². The number of rotatable bonds is 5. The van der Waals surface area contributed by atoms with Gasteiger partial charge in [-0.15, -0.1) is 0 Å². The molecule has 2 aromatic rings. The van der Waals surface area contributed by atoms with Crippen molar-refractivity contribution in [3.63, 3.8) is 0 Å². The highest BCUT2D eigenvalue weighted by atomic mass is 35.5. The van der Waals surface area contributed by atoms with Crippen LogP contribution in [0.15, 0.2) is 36.4 Å². The van der Waals surface area contributed by atoms with Crippen molar-refractivity contribution in [2.24, 2.45) is 0 Å². The van der Waals surface area contributed by atoms with Crippen LogP contribution < -0.4 is 5.32 Å². The van der Waals surface area contributed by atoms with E-state index in [9.17, 15) is 4.79 Å². The largest absolute Gasteiger partial charge is 0.477 e. The average Bonchev–Trinajstić information content (AvgIpc) is 2.45. The molecule has 1 unspecified atom stereocenters. The summed E-state index contributed by atoms with van der Waals surface area (Å²) >= 11 is 12.0. The maximum Gasteiger partial charge on any atom is 0.354 e. The Labute approximate surface area is 132 Å². The number of aromatic carboxylic acids is 1. The Morgan fingerprint density at radius 3 is 2.76 bits per heavy atom. The topological polar surface area (TPSA) is 62.2 Å². The normalized spacial score (nSPS) is 12.1. The summed E-state index contributed by atoms with van der Waals surface area (Å²) in [6.07, 6.45) is 0. The van der Waals surface area contributed by atoms with Gasteiger partial charge in [0.25, 0.3) is 0 Å². The smallest absolute Gasteiger partial charge is 0.354 e. The van der Waals surface area contributed by atoms with E-state index in [1.165, 1.54) is 6.07 Å². The average molecular weight is 325 g/mol. The number of pyridine rings is 1. The van der Waals surface area contributed by atoms with Gasteiger partial charge >= 0.3 is 5.97 Å². The number of hydrogen-bond acceptors (Lipinski definition) is 3. The highest BCUT2D eigenvalue weighted by Crippen LogP contribution is 2.26. The van der Waals surface area contributed by atoms with Gasteiger partial charge in [-0.25, -0.2) is 9.78 Å². The lowest BCUT2D eigenvalue weighted by atomic mass is 10.1. The Kier molecular flexibility index (Phi) is 5.17. The van der Waals surface area contributed by atoms with Gasteiger partial charge in [0.1, 0.15) is 5.69 Å². The van der Waals surface area contributed by atoms with E-state index in [-0.39, 0.29) is 11.7 Å². The molecule has 2 rings (SSSR count). The van der Waals surface area contributed by atoms with Crippen molar-refractivity contribution in [1.82, 2.24) is 10.3 Å². The molecule has 0 saturated heterocycles. The predicted molar refractivity (Wildman–Crippen MR) is 82.9 cm³/mol. The zero-order valence-corrected chi connectivity index (χ0v) is 12.8. The molecule has 21 heavy (non-hydrogen) atoms. The SMILES string of the molecule is CC(NCc1cccc(C(=O)O)n1)c1ccc(Cl)cc1Cl. The summed E-state index contributed by atoms with van der Waals surface area (Å²) in [5, 5.41) is 13.4. The predicted octanol–water partition coefficient (Wildman–Crippen LogP) is 3.94. The summed E-state index contributed by atoms with van der Waals surface area (Å²) in [5.41, 5.74) is 1.62. The van der Waals surface area contributed by atoms with Gasteiger partial charge < -0.3 is 10.4 Å². The second kappa shape index (κ2) is 6.89. The van der Waals surface area contributed by atoms with Gasteiger partial charge in [-0.1, -0.05) is 35.3 Å². The molecule has 0 fully saturated rings. The molecule has 1 atom stereocenters. The number of halogens is 2. The fourth-order valence-corrected chi connectivity index (χ4v) is 2.49. The minimum absolute atomic E-state index is 0.00921. The van der Waals surface area contributed by atoms with Gasteiger partial charge in [0.2, 0.25) is 0 Å². The van der Waals surface area contributed by atoms with Crippen LogP contribution in [0.25, 0.3) is 0 Å². The summed E-state index contributed by atoms with van der Waals surface area (Å²) in [7, 11) is 0. The quantitative estimate of drug-likeness (QED) is 0.874. The summed E-state index contributed by atoms with van der Waals surface area (Å²) in [4.78, 5) is 14.9. The van der Waals surface area contributed by atoms with Crippen molar-refractivity contribution in [3.8, 4) is 0 Å². The standard InChI is InChI=1S/C15H14Cl2N2O2/c1-9(12-6-5-10(16)7-13(12)17)18-8-11-3-2-4-14(19-11)15(20)21/h2-7,9,18H,8H2,1H3,(H,20,21). The highest BCUT2D eigenvalue weighted by Gasteiger charge is 2.11. The number of hydrogen-bond donors (Lipinski definition) is 2. The molecule has 0 radical (unpaired) electrons. The molecule has 0 saturated carbocycles. The van der Waals surface area contributed by atoms with Crippen LogP contribution in [-0.4, -0.2) is 16.1 Å². The molecular weight excluding hydrogens is 311 g/mol. The summed E-state index contributed by atoms with van der Waals surface area (Å²) in [6, 6.07) is 10.2. The van der Waals surface area contributed by atoms with Crippen molar-refractivity contribution < 1.29 is 9.90 Å². The van der Waals surface area contributed by atoms with E-state index in [1.807, 2.05) is 13.0 Å². The van der Waals surface area contributed by atoms with Gasteiger partial charge in [0, 0.05) is 22.6 Å². The number of nitrogens with zero attached hydrogens (tertiary/aromatic N) is 1. The molecule has 0 amide bonds. The van der Waals surface area contributed by atoms with Crippen LogP contribution in [0.2, 0.25) is 10.0 Å². The third-order valence-electron chi connectivity index (χ3n) is 3.04. The Morgan fingerprint density at radius 2 is 2.10 bits per heavy atom. The highest BCUT2D eigenvalue weighted by molar-refractivity contribution is 6.35. The van der Waals surface area contributed by atoms with Crippen LogP contribution in [0.5, 0.6) is 0 Å². The van der Waals surface area contributed by atoms with E-state index < -0.39 is 5.97 Å². The summed E-state index contributed by atoms with van der Waals surface area (Å²) in [5.74, 6) is -1.04. The molecule has 1 aromatic carbocycles. The van der Waals surface area contributed by atoms with E-state index >= 15 is 0 Å². The van der Waals surface area contributed by atoms with Crippen molar-refractivity contribution in [1.29, 1.82) is 0 Å². The van der Waals surface area contributed by atoms with E-state index in [2.05, 4.69) is 10.3 Å². The third kappa shape index (κ3) is 4.17. The Bertz CT molecular complexity index is 662. The lowest BCUT2D eigenvalue weighted by Gasteiger charge is -2.15. The van der Waals surface area contributed by atoms with Crippen LogP contribution in [0.3, 0.4) is 0 Å². The number of nitrogens with one attached hydrogen (secondary N) is 1. The molecule has 1 heterocycles. The molecule has 0 aliphatic rings. The maximum absolute atomic E-state index is 10.9. The van der Waals surface area contributed by atoms with Crippen molar-refractivity contribution in [2.45, 2.75) is 19.5 Å². The van der Waals surface area contributed by atoms with Gasteiger partial charge in [-0.3, -0.25) is 0 Å². The molecule has 0 aliphatic heterocycles. The Morgan fingerprint density at radius 1 is 1.33 bits per heavy atom. The zero-order valence-electron chi connectivity index (χ0n) is 11.3. The first-order chi connectivity index (χ1) is 9.97. The van der Waals surface area contributed by atoms with Crippen molar-refractivity contribution in [3.05, 3.63) is 63.4 Å². The number of carboxylic acids is 1. The number of carbonyl (C=O) groups is 1. The van der Waals surface area contributed by atoms with Gasteiger partial charge in [0.05, 0.1) is 5.69 Å². The lowest BCUT2D eigenvalue weighted by molar-refractivity contribution is 0.0690. The molecule has 1 aromatic heterocycles. The molecule has 0 spiro atoms. The minimum Gasteiger partial charge on any atom is -0.477 e. The minimum atomic E-state index is -1.04. The van der Waals surface area contributed by atoms with E-state index in [4.69, 9.17) is 28.3 Å². The summed E-state index contributed by atoms with van der Waals surface area (Å²) in [6.45, 7) is 2.41. The summed E-state index contributed by atoms with van der Waals surface area (Å²) < 4.78 is 0. The van der Waals surface area contributed by atoms with E-state index in [0.29, 0.717) is 22.3 Å². The fraction of sp³-hybridized carbons (Fsp3) is 0.200. The monoisotopic (exact) mass is 324 g/mol.